The van der Waals surface area contributed by atoms with E-state index in [-0.39, 0.29) is 23.0 Å². The molecule has 0 unspecified atom stereocenters. The Labute approximate surface area is 156 Å². The molecule has 1 aliphatic rings. The Morgan fingerprint density at radius 2 is 1.77 bits per heavy atom. The molecule has 26 heavy (non-hydrogen) atoms. The molecular weight excluding hydrogens is 354 g/mol. The first-order chi connectivity index (χ1) is 12.2. The lowest BCUT2D eigenvalue weighted by Crippen LogP contribution is -3.05. The summed E-state index contributed by atoms with van der Waals surface area (Å²) in [6, 6.07) is 6.12. The zero-order valence-corrected chi connectivity index (χ0v) is 16.8. The van der Waals surface area contributed by atoms with Gasteiger partial charge in [0, 0.05) is 31.6 Å². The topological polar surface area (TPSA) is 80.2 Å². The third kappa shape index (κ3) is 5.51. The predicted octanol–water partition coefficient (Wildman–Crippen LogP) is -0.251. The highest BCUT2D eigenvalue weighted by Crippen LogP contribution is 2.21. The SMILES string of the molecule is C[C@@H]1CN(S(=O)(=O)c2ccc(C(=O)NCCC[NH+](C)C)cc2)C[C@@H](C)O1. The van der Waals surface area contributed by atoms with E-state index in [4.69, 9.17) is 4.74 Å². The highest BCUT2D eigenvalue weighted by Gasteiger charge is 2.32. The number of carbonyl (C=O) groups excluding carboxylic acids is 1. The number of hydrogen-bond donors (Lipinski definition) is 2. The molecule has 1 aromatic rings. The number of nitrogens with one attached hydrogen (secondary N) is 2. The fraction of sp³-hybridized carbons (Fsp3) is 0.611. The number of carbonyl (C=O) groups is 1. The molecule has 2 atom stereocenters. The zero-order chi connectivity index (χ0) is 19.3. The van der Waals surface area contributed by atoms with Crippen molar-refractivity contribution in [1.29, 1.82) is 0 Å². The molecule has 1 aliphatic heterocycles. The van der Waals surface area contributed by atoms with Gasteiger partial charge in [0.15, 0.2) is 0 Å². The Kier molecular flexibility index (Phi) is 7.16. The fourth-order valence-corrected chi connectivity index (χ4v) is 4.59. The van der Waals surface area contributed by atoms with Gasteiger partial charge in [-0.25, -0.2) is 8.42 Å². The molecule has 7 nitrogen and oxygen atoms in total. The van der Waals surface area contributed by atoms with Crippen molar-refractivity contribution in [3.63, 3.8) is 0 Å². The van der Waals surface area contributed by atoms with Crippen molar-refractivity contribution in [2.75, 3.05) is 40.3 Å². The lowest BCUT2D eigenvalue weighted by Gasteiger charge is -2.34. The van der Waals surface area contributed by atoms with Crippen LogP contribution in [0.4, 0.5) is 0 Å². The number of amides is 1. The van der Waals surface area contributed by atoms with Gasteiger partial charge in [0.05, 0.1) is 37.7 Å². The molecule has 8 heteroatoms. The summed E-state index contributed by atoms with van der Waals surface area (Å²) in [5.41, 5.74) is 0.463. The second-order valence-electron chi connectivity index (χ2n) is 7.17. The third-order valence-electron chi connectivity index (χ3n) is 4.28. The van der Waals surface area contributed by atoms with Crippen LogP contribution < -0.4 is 10.2 Å². The summed E-state index contributed by atoms with van der Waals surface area (Å²) in [7, 11) is 0.551. The van der Waals surface area contributed by atoms with Gasteiger partial charge in [-0.1, -0.05) is 0 Å². The molecule has 146 valence electrons. The Balaban J connectivity index is 2.00. The Hall–Kier alpha value is -1.48. The Bertz CT molecular complexity index is 694. The molecular formula is C18H30N3O4S+. The van der Waals surface area contributed by atoms with E-state index >= 15 is 0 Å². The second-order valence-corrected chi connectivity index (χ2v) is 9.11. The molecule has 1 aromatic carbocycles. The molecule has 0 spiro atoms. The first-order valence-electron chi connectivity index (χ1n) is 9.03. The molecule has 2 N–H and O–H groups in total. The maximum Gasteiger partial charge on any atom is 0.251 e. The minimum atomic E-state index is -3.58. The number of rotatable bonds is 7. The normalized spacial score (nSPS) is 21.7. The number of quaternary nitrogens is 1. The van der Waals surface area contributed by atoms with E-state index in [0.717, 1.165) is 13.0 Å². The van der Waals surface area contributed by atoms with Gasteiger partial charge < -0.3 is 15.0 Å². The van der Waals surface area contributed by atoms with Crippen LogP contribution in [-0.2, 0) is 14.8 Å². The van der Waals surface area contributed by atoms with Crippen molar-refractivity contribution in [1.82, 2.24) is 9.62 Å². The quantitative estimate of drug-likeness (QED) is 0.636. The van der Waals surface area contributed by atoms with E-state index < -0.39 is 10.0 Å². The van der Waals surface area contributed by atoms with E-state index in [1.165, 1.54) is 21.3 Å². The summed E-state index contributed by atoms with van der Waals surface area (Å²) in [5.74, 6) is -0.184. The number of benzene rings is 1. The van der Waals surface area contributed by atoms with Gasteiger partial charge >= 0.3 is 0 Å². The molecule has 2 rings (SSSR count). The van der Waals surface area contributed by atoms with Crippen molar-refractivity contribution < 1.29 is 22.8 Å². The van der Waals surface area contributed by atoms with Crippen LogP contribution in [0.1, 0.15) is 30.6 Å². The van der Waals surface area contributed by atoms with E-state index in [1.807, 2.05) is 13.8 Å². The van der Waals surface area contributed by atoms with Crippen molar-refractivity contribution >= 4 is 15.9 Å². The van der Waals surface area contributed by atoms with Crippen LogP contribution in [0.15, 0.2) is 29.2 Å². The predicted molar refractivity (Wildman–Crippen MR) is 99.8 cm³/mol. The molecule has 0 saturated carbocycles. The van der Waals surface area contributed by atoms with Gasteiger partial charge in [-0.3, -0.25) is 4.79 Å². The first kappa shape index (κ1) is 20.8. The van der Waals surface area contributed by atoms with Crippen LogP contribution in [0.5, 0.6) is 0 Å². The zero-order valence-electron chi connectivity index (χ0n) is 16.0. The van der Waals surface area contributed by atoms with Crippen LogP contribution >= 0.6 is 0 Å². The van der Waals surface area contributed by atoms with E-state index in [9.17, 15) is 13.2 Å². The molecule has 0 aromatic heterocycles. The van der Waals surface area contributed by atoms with Crippen LogP contribution in [0, 0.1) is 0 Å². The first-order valence-corrected chi connectivity index (χ1v) is 10.5. The number of nitrogens with zero attached hydrogens (tertiary/aromatic N) is 1. The second kappa shape index (κ2) is 8.94. The van der Waals surface area contributed by atoms with Gasteiger partial charge in [0.2, 0.25) is 10.0 Å². The highest BCUT2D eigenvalue weighted by atomic mass is 32.2. The van der Waals surface area contributed by atoms with Crippen molar-refractivity contribution in [2.24, 2.45) is 0 Å². The molecule has 0 bridgehead atoms. The standard InChI is InChI=1S/C18H29N3O4S/c1-14-12-21(13-15(2)25-14)26(23,24)17-8-6-16(7-9-17)18(22)19-10-5-11-20(3)4/h6-9,14-15H,5,10-13H2,1-4H3,(H,19,22)/p+1/t14-,15-/m1/s1. The lowest BCUT2D eigenvalue weighted by atomic mass is 10.2. The van der Waals surface area contributed by atoms with Crippen LogP contribution in [-0.4, -0.2) is 71.1 Å². The highest BCUT2D eigenvalue weighted by molar-refractivity contribution is 7.89. The minimum absolute atomic E-state index is 0.137. The summed E-state index contributed by atoms with van der Waals surface area (Å²) in [4.78, 5) is 13.7. The van der Waals surface area contributed by atoms with E-state index in [2.05, 4.69) is 19.4 Å². The molecule has 1 amide bonds. The van der Waals surface area contributed by atoms with Crippen molar-refractivity contribution in [2.45, 2.75) is 37.4 Å². The van der Waals surface area contributed by atoms with E-state index in [1.54, 1.807) is 12.1 Å². The van der Waals surface area contributed by atoms with Crippen LogP contribution in [0.25, 0.3) is 0 Å². The Morgan fingerprint density at radius 3 is 2.31 bits per heavy atom. The monoisotopic (exact) mass is 384 g/mol. The van der Waals surface area contributed by atoms with Gasteiger partial charge in [-0.15, -0.1) is 0 Å². The average Bonchev–Trinajstić information content (AvgIpc) is 2.57. The number of hydrogen-bond acceptors (Lipinski definition) is 4. The van der Waals surface area contributed by atoms with E-state index in [0.29, 0.717) is 25.2 Å². The summed E-state index contributed by atoms with van der Waals surface area (Å²) in [5, 5.41) is 2.86. The maximum atomic E-state index is 12.8. The number of morpholine rings is 1. The average molecular weight is 385 g/mol. The molecule has 1 heterocycles. The van der Waals surface area contributed by atoms with Gasteiger partial charge in [-0.05, 0) is 38.1 Å². The Morgan fingerprint density at radius 1 is 1.19 bits per heavy atom. The molecule has 0 aliphatic carbocycles. The fourth-order valence-electron chi connectivity index (χ4n) is 3.00. The minimum Gasteiger partial charge on any atom is -0.373 e. The number of sulfonamides is 1. The summed E-state index contributed by atoms with van der Waals surface area (Å²) in [6.07, 6.45) is 0.624. The molecule has 1 saturated heterocycles. The smallest absolute Gasteiger partial charge is 0.251 e. The summed E-state index contributed by atoms with van der Waals surface area (Å²) >= 11 is 0. The number of ether oxygens (including phenoxy) is 1. The van der Waals surface area contributed by atoms with Gasteiger partial charge in [0.25, 0.3) is 5.91 Å². The third-order valence-corrected chi connectivity index (χ3v) is 6.13. The van der Waals surface area contributed by atoms with Gasteiger partial charge in [0.1, 0.15) is 0 Å². The van der Waals surface area contributed by atoms with Crippen LogP contribution in [0.2, 0.25) is 0 Å². The van der Waals surface area contributed by atoms with Gasteiger partial charge in [-0.2, -0.15) is 4.31 Å². The lowest BCUT2D eigenvalue weighted by molar-refractivity contribution is -0.858. The molecule has 1 fully saturated rings. The summed E-state index contributed by atoms with van der Waals surface area (Å²) < 4.78 is 32.7. The van der Waals surface area contributed by atoms with Crippen LogP contribution in [0.3, 0.4) is 0 Å². The maximum absolute atomic E-state index is 12.8. The molecule has 0 radical (unpaired) electrons. The largest absolute Gasteiger partial charge is 0.373 e. The van der Waals surface area contributed by atoms with Crippen molar-refractivity contribution in [3.8, 4) is 0 Å². The summed E-state index contributed by atoms with van der Waals surface area (Å²) in [6.45, 7) is 5.99. The van der Waals surface area contributed by atoms with Crippen molar-refractivity contribution in [3.05, 3.63) is 29.8 Å².